The number of carbonyl (C=O) groups is 2. The van der Waals surface area contributed by atoms with Gasteiger partial charge in [0.25, 0.3) is 21.5 Å². The number of amides is 1. The number of likely N-dealkylation sites (N-methyl/N-ethyl adjacent to an activating group) is 1. The molecule has 0 atom stereocenters. The highest BCUT2D eigenvalue weighted by Crippen LogP contribution is 2.22. The second kappa shape index (κ2) is 11.0. The van der Waals surface area contributed by atoms with Gasteiger partial charge in [0.1, 0.15) is 5.69 Å². The first kappa shape index (κ1) is 27.4. The molecule has 0 aliphatic heterocycles. The van der Waals surface area contributed by atoms with Gasteiger partial charge in [0, 0.05) is 19.8 Å². The molecular formula is C28H28N4O6S. The number of para-hydroxylation sites is 2. The molecule has 3 aromatic carbocycles. The summed E-state index contributed by atoms with van der Waals surface area (Å²) < 4.78 is 37.0. The third-order valence-corrected chi connectivity index (χ3v) is 7.72. The van der Waals surface area contributed by atoms with Crippen molar-refractivity contribution in [3.05, 3.63) is 106 Å². The van der Waals surface area contributed by atoms with Gasteiger partial charge in [-0.2, -0.15) is 0 Å². The molecule has 0 bridgehead atoms. The van der Waals surface area contributed by atoms with Gasteiger partial charge in [0.05, 0.1) is 21.8 Å². The highest BCUT2D eigenvalue weighted by Gasteiger charge is 2.24. The zero-order valence-corrected chi connectivity index (χ0v) is 22.7. The number of hydrogen-bond donors (Lipinski definition) is 1. The lowest BCUT2D eigenvalue weighted by Crippen LogP contribution is -2.31. The van der Waals surface area contributed by atoms with Crippen LogP contribution in [-0.4, -0.2) is 43.3 Å². The van der Waals surface area contributed by atoms with E-state index in [1.807, 2.05) is 12.1 Å². The average molecular weight is 549 g/mol. The van der Waals surface area contributed by atoms with Crippen LogP contribution < -0.4 is 15.2 Å². The summed E-state index contributed by atoms with van der Waals surface area (Å²) in [6.07, 6.45) is 0. The summed E-state index contributed by atoms with van der Waals surface area (Å²) in [5.74, 6) is -1.30. The number of nitrogens with one attached hydrogen (secondary N) is 1. The van der Waals surface area contributed by atoms with Crippen LogP contribution in [0.1, 0.15) is 21.6 Å². The Morgan fingerprint density at radius 3 is 2.21 bits per heavy atom. The number of carbonyl (C=O) groups excluding carboxylic acids is 2. The number of aryl methyl sites for hydroxylation is 1. The molecule has 0 radical (unpaired) electrons. The Labute approximate surface area is 226 Å². The van der Waals surface area contributed by atoms with Gasteiger partial charge < -0.3 is 9.64 Å². The zero-order chi connectivity index (χ0) is 28.3. The van der Waals surface area contributed by atoms with Crippen LogP contribution in [0.15, 0.2) is 88.6 Å². The topological polar surface area (TPSA) is 120 Å². The Bertz CT molecular complexity index is 1690. The summed E-state index contributed by atoms with van der Waals surface area (Å²) in [7, 11) is -1.04. The molecule has 39 heavy (non-hydrogen) atoms. The molecule has 1 aromatic heterocycles. The first-order chi connectivity index (χ1) is 18.5. The van der Waals surface area contributed by atoms with Crippen LogP contribution in [0.25, 0.3) is 5.69 Å². The predicted octanol–water partition coefficient (Wildman–Crippen LogP) is 3.41. The van der Waals surface area contributed by atoms with Crippen LogP contribution in [0.3, 0.4) is 0 Å². The van der Waals surface area contributed by atoms with Crippen molar-refractivity contribution in [1.29, 1.82) is 0 Å². The van der Waals surface area contributed by atoms with Crippen molar-refractivity contribution >= 4 is 33.3 Å². The second-order valence-electron chi connectivity index (χ2n) is 8.88. The Morgan fingerprint density at radius 1 is 0.949 bits per heavy atom. The maximum Gasteiger partial charge on any atom is 0.338 e. The minimum absolute atomic E-state index is 0.0143. The monoisotopic (exact) mass is 548 g/mol. The Morgan fingerprint density at radius 2 is 1.56 bits per heavy atom. The van der Waals surface area contributed by atoms with Gasteiger partial charge in [-0.25, -0.2) is 17.9 Å². The van der Waals surface area contributed by atoms with Crippen LogP contribution in [-0.2, 0) is 26.6 Å². The zero-order valence-electron chi connectivity index (χ0n) is 21.9. The van der Waals surface area contributed by atoms with E-state index in [-0.39, 0.29) is 16.1 Å². The van der Waals surface area contributed by atoms with Gasteiger partial charge in [-0.05, 0) is 55.8 Å². The molecule has 0 unspecified atom stereocenters. The molecule has 0 aliphatic rings. The standard InChI is InChI=1S/C28H28N4O6S/c1-19-15-16-23(17-24(19)28(35)38-18-25(33)30(3)21-11-7-5-8-12-21)39(36,37)29-26-20(2)31(4)32(27(26)34)22-13-9-6-10-14-22/h5-17,29H,18H2,1-4H3. The molecule has 1 N–H and O–H groups in total. The molecular weight excluding hydrogens is 520 g/mol. The molecule has 202 valence electrons. The first-order valence-corrected chi connectivity index (χ1v) is 13.5. The highest BCUT2D eigenvalue weighted by atomic mass is 32.2. The maximum atomic E-state index is 13.3. The quantitative estimate of drug-likeness (QED) is 0.337. The number of rotatable bonds is 8. The number of anilines is 2. The van der Waals surface area contributed by atoms with Gasteiger partial charge in [-0.15, -0.1) is 0 Å². The number of hydrogen-bond acceptors (Lipinski definition) is 6. The number of aromatic nitrogens is 2. The second-order valence-corrected chi connectivity index (χ2v) is 10.6. The molecule has 10 nitrogen and oxygen atoms in total. The predicted molar refractivity (Wildman–Crippen MR) is 148 cm³/mol. The maximum absolute atomic E-state index is 13.3. The molecule has 1 heterocycles. The fraction of sp³-hybridized carbons (Fsp3) is 0.179. The largest absolute Gasteiger partial charge is 0.452 e. The SMILES string of the molecule is Cc1ccc(S(=O)(=O)Nc2c(C)n(C)n(-c3ccccc3)c2=O)cc1C(=O)OCC(=O)N(C)c1ccccc1. The number of nitrogens with zero attached hydrogens (tertiary/aromatic N) is 3. The highest BCUT2D eigenvalue weighted by molar-refractivity contribution is 7.92. The van der Waals surface area contributed by atoms with E-state index in [9.17, 15) is 22.8 Å². The summed E-state index contributed by atoms with van der Waals surface area (Å²) in [5, 5.41) is 0. The minimum Gasteiger partial charge on any atom is -0.452 e. The lowest BCUT2D eigenvalue weighted by molar-refractivity contribution is -0.121. The Kier molecular flexibility index (Phi) is 7.73. The molecule has 0 fully saturated rings. The van der Waals surface area contributed by atoms with E-state index in [4.69, 9.17) is 4.74 Å². The lowest BCUT2D eigenvalue weighted by Gasteiger charge is -2.17. The van der Waals surface area contributed by atoms with E-state index in [0.29, 0.717) is 22.6 Å². The molecule has 0 aliphatic carbocycles. The van der Waals surface area contributed by atoms with Crippen molar-refractivity contribution in [2.75, 3.05) is 23.3 Å². The number of esters is 1. The van der Waals surface area contributed by atoms with Gasteiger partial charge in [-0.1, -0.05) is 42.5 Å². The summed E-state index contributed by atoms with van der Waals surface area (Å²) >= 11 is 0. The summed E-state index contributed by atoms with van der Waals surface area (Å²) in [4.78, 5) is 39.6. The van der Waals surface area contributed by atoms with Crippen molar-refractivity contribution in [1.82, 2.24) is 9.36 Å². The Hall–Kier alpha value is -4.64. The number of ether oxygens (including phenoxy) is 1. The van der Waals surface area contributed by atoms with Crippen molar-refractivity contribution in [2.45, 2.75) is 18.7 Å². The van der Waals surface area contributed by atoms with Crippen molar-refractivity contribution in [3.8, 4) is 5.69 Å². The first-order valence-electron chi connectivity index (χ1n) is 12.0. The molecule has 1 amide bonds. The van der Waals surface area contributed by atoms with E-state index < -0.39 is 34.1 Å². The number of sulfonamides is 1. The van der Waals surface area contributed by atoms with E-state index in [1.54, 1.807) is 81.2 Å². The van der Waals surface area contributed by atoms with Gasteiger partial charge in [-0.3, -0.25) is 19.0 Å². The molecule has 11 heteroatoms. The van der Waals surface area contributed by atoms with E-state index in [0.717, 1.165) is 0 Å². The van der Waals surface area contributed by atoms with Crippen molar-refractivity contribution in [2.24, 2.45) is 7.05 Å². The van der Waals surface area contributed by atoms with Gasteiger partial charge in [0.15, 0.2) is 6.61 Å². The van der Waals surface area contributed by atoms with Crippen LogP contribution >= 0.6 is 0 Å². The third-order valence-electron chi connectivity index (χ3n) is 6.37. The minimum atomic E-state index is -4.26. The van der Waals surface area contributed by atoms with Crippen LogP contribution in [0.4, 0.5) is 11.4 Å². The fourth-order valence-corrected chi connectivity index (χ4v) is 5.11. The van der Waals surface area contributed by atoms with E-state index in [1.165, 1.54) is 27.8 Å². The third kappa shape index (κ3) is 5.63. The smallest absolute Gasteiger partial charge is 0.338 e. The van der Waals surface area contributed by atoms with Crippen molar-refractivity contribution in [3.63, 3.8) is 0 Å². The van der Waals surface area contributed by atoms with Gasteiger partial charge >= 0.3 is 5.97 Å². The van der Waals surface area contributed by atoms with E-state index >= 15 is 0 Å². The Balaban J connectivity index is 1.55. The molecule has 4 aromatic rings. The van der Waals surface area contributed by atoms with Gasteiger partial charge in [0.2, 0.25) is 0 Å². The number of benzene rings is 3. The average Bonchev–Trinajstić information content (AvgIpc) is 3.14. The summed E-state index contributed by atoms with van der Waals surface area (Å²) in [5.41, 5.74) is 1.41. The normalized spacial score (nSPS) is 11.2. The van der Waals surface area contributed by atoms with E-state index in [2.05, 4.69) is 4.72 Å². The summed E-state index contributed by atoms with van der Waals surface area (Å²) in [6.45, 7) is 2.72. The fourth-order valence-electron chi connectivity index (χ4n) is 3.96. The molecule has 0 saturated heterocycles. The van der Waals surface area contributed by atoms with Crippen LogP contribution in [0.2, 0.25) is 0 Å². The van der Waals surface area contributed by atoms with Crippen molar-refractivity contribution < 1.29 is 22.7 Å². The van der Waals surface area contributed by atoms with Crippen LogP contribution in [0, 0.1) is 13.8 Å². The molecule has 0 spiro atoms. The summed E-state index contributed by atoms with van der Waals surface area (Å²) in [6, 6.07) is 21.7. The van der Waals surface area contributed by atoms with Crippen LogP contribution in [0.5, 0.6) is 0 Å². The molecule has 4 rings (SSSR count). The molecule has 0 saturated carbocycles. The lowest BCUT2D eigenvalue weighted by atomic mass is 10.1.